The zero-order chi connectivity index (χ0) is 19.9. The molecule has 0 bridgehead atoms. The van der Waals surface area contributed by atoms with Crippen LogP contribution in [0.3, 0.4) is 0 Å². The molecular weight excluding hydrogens is 350 g/mol. The fourth-order valence-electron chi connectivity index (χ4n) is 3.34. The van der Waals surface area contributed by atoms with E-state index in [0.717, 1.165) is 17.7 Å². The van der Waals surface area contributed by atoms with Crippen LogP contribution in [0.2, 0.25) is 0 Å². The maximum Gasteiger partial charge on any atom is 0.315 e. The molecule has 0 aliphatic carbocycles. The van der Waals surface area contributed by atoms with Gasteiger partial charge in [-0.2, -0.15) is 0 Å². The summed E-state index contributed by atoms with van der Waals surface area (Å²) in [5.74, 6) is 0.404. The highest BCUT2D eigenvalue weighted by Crippen LogP contribution is 2.27. The molecule has 1 atom stereocenters. The van der Waals surface area contributed by atoms with E-state index in [4.69, 9.17) is 9.47 Å². The van der Waals surface area contributed by atoms with Crippen molar-refractivity contribution in [3.05, 3.63) is 89.7 Å². The topological polar surface area (TPSA) is 40.5 Å². The van der Waals surface area contributed by atoms with Gasteiger partial charge >= 0.3 is 5.97 Å². The Kier molecular flexibility index (Phi) is 6.53. The maximum atomic E-state index is 12.7. The van der Waals surface area contributed by atoms with Gasteiger partial charge in [0.25, 0.3) is 0 Å². The highest BCUT2D eigenvalue weighted by Gasteiger charge is 2.25. The number of hydrogen-bond donors (Lipinski definition) is 0. The molecule has 0 amide bonds. The first-order valence-corrected chi connectivity index (χ1v) is 9.56. The summed E-state index contributed by atoms with van der Waals surface area (Å²) < 4.78 is 12.7. The first-order chi connectivity index (χ1) is 13.6. The summed E-state index contributed by atoms with van der Waals surface area (Å²) in [7, 11) is 1.63. The molecule has 28 heavy (non-hydrogen) atoms. The lowest BCUT2D eigenvalue weighted by molar-refractivity contribution is -0.150. The molecule has 4 heteroatoms. The van der Waals surface area contributed by atoms with Gasteiger partial charge in [-0.1, -0.05) is 56.3 Å². The van der Waals surface area contributed by atoms with E-state index >= 15 is 0 Å². The molecule has 1 unspecified atom stereocenters. The largest absolute Gasteiger partial charge is 0.497 e. The highest BCUT2D eigenvalue weighted by atomic mass is 16.5. The van der Waals surface area contributed by atoms with Crippen LogP contribution in [0.1, 0.15) is 36.5 Å². The van der Waals surface area contributed by atoms with Gasteiger partial charge in [0, 0.05) is 12.4 Å². The maximum absolute atomic E-state index is 12.7. The van der Waals surface area contributed by atoms with Crippen LogP contribution in [0.15, 0.2) is 73.1 Å². The van der Waals surface area contributed by atoms with Crippen molar-refractivity contribution in [2.24, 2.45) is 5.92 Å². The number of benzene rings is 2. The van der Waals surface area contributed by atoms with Crippen molar-refractivity contribution in [3.8, 4) is 5.75 Å². The van der Waals surface area contributed by atoms with Crippen LogP contribution in [-0.2, 0) is 22.7 Å². The molecule has 2 aromatic carbocycles. The first-order valence-electron chi connectivity index (χ1n) is 9.56. The number of nitrogens with zero attached hydrogens (tertiary/aromatic N) is 1. The van der Waals surface area contributed by atoms with Gasteiger partial charge in [-0.05, 0) is 47.2 Å². The van der Waals surface area contributed by atoms with E-state index in [0.29, 0.717) is 0 Å². The van der Waals surface area contributed by atoms with E-state index in [1.165, 1.54) is 11.1 Å². The van der Waals surface area contributed by atoms with Gasteiger partial charge in [-0.25, -0.2) is 0 Å². The predicted molar refractivity (Wildman–Crippen MR) is 110 cm³/mol. The zero-order valence-electron chi connectivity index (χ0n) is 16.7. The number of ether oxygens (including phenoxy) is 2. The second-order valence-electron chi connectivity index (χ2n) is 7.28. The quantitative estimate of drug-likeness (QED) is 0.517. The van der Waals surface area contributed by atoms with Gasteiger partial charge in [-0.3, -0.25) is 4.79 Å². The standard InChI is InChI=1S/C24H27NO3/c1-18(2)23(21-9-11-22(27-3)12-10-21)24(26)28-17-25-14-13-20(16-25)15-19-7-5-4-6-8-19/h4-14,16,18,23H,15,17H2,1-3H3. The van der Waals surface area contributed by atoms with Gasteiger partial charge in [0.05, 0.1) is 13.0 Å². The molecule has 1 aromatic heterocycles. The number of hydrogen-bond acceptors (Lipinski definition) is 3. The molecule has 0 radical (unpaired) electrons. The Bertz CT molecular complexity index is 882. The van der Waals surface area contributed by atoms with Crippen molar-refractivity contribution in [3.63, 3.8) is 0 Å². The molecule has 0 aliphatic rings. The Labute approximate surface area is 166 Å². The lowest BCUT2D eigenvalue weighted by Gasteiger charge is -2.20. The Morgan fingerprint density at radius 3 is 2.32 bits per heavy atom. The Hall–Kier alpha value is -3.01. The van der Waals surface area contributed by atoms with E-state index in [-0.39, 0.29) is 24.5 Å². The average molecular weight is 377 g/mol. The van der Waals surface area contributed by atoms with Gasteiger partial charge in [0.1, 0.15) is 5.75 Å². The molecule has 3 rings (SSSR count). The van der Waals surface area contributed by atoms with Crippen LogP contribution in [0.5, 0.6) is 5.75 Å². The van der Waals surface area contributed by atoms with Crippen molar-refractivity contribution in [1.82, 2.24) is 4.57 Å². The monoisotopic (exact) mass is 377 g/mol. The Morgan fingerprint density at radius 2 is 1.68 bits per heavy atom. The molecule has 146 valence electrons. The molecule has 0 N–H and O–H groups in total. The number of rotatable bonds is 8. The molecule has 0 saturated carbocycles. The molecule has 0 fully saturated rings. The fraction of sp³-hybridized carbons (Fsp3) is 0.292. The summed E-state index contributed by atoms with van der Waals surface area (Å²) in [6.45, 7) is 4.28. The predicted octanol–water partition coefficient (Wildman–Crippen LogP) is 5.03. The van der Waals surface area contributed by atoms with Crippen molar-refractivity contribution < 1.29 is 14.3 Å². The summed E-state index contributed by atoms with van der Waals surface area (Å²) in [4.78, 5) is 12.7. The van der Waals surface area contributed by atoms with Crippen LogP contribution < -0.4 is 4.74 Å². The smallest absolute Gasteiger partial charge is 0.315 e. The van der Waals surface area contributed by atoms with Crippen LogP contribution in [0.25, 0.3) is 0 Å². The van der Waals surface area contributed by atoms with E-state index in [1.807, 2.05) is 73.3 Å². The SMILES string of the molecule is COc1ccc(C(C(=O)OCn2ccc(Cc3ccccc3)c2)C(C)C)cc1. The van der Waals surface area contributed by atoms with Crippen molar-refractivity contribution >= 4 is 5.97 Å². The Morgan fingerprint density at radius 1 is 0.964 bits per heavy atom. The molecule has 0 saturated heterocycles. The third kappa shape index (κ3) is 5.03. The molecular formula is C24H27NO3. The number of methoxy groups -OCH3 is 1. The average Bonchev–Trinajstić information content (AvgIpc) is 3.15. The second-order valence-corrected chi connectivity index (χ2v) is 7.28. The highest BCUT2D eigenvalue weighted by molar-refractivity contribution is 5.78. The Balaban J connectivity index is 1.61. The summed E-state index contributed by atoms with van der Waals surface area (Å²) in [5.41, 5.74) is 3.40. The number of carbonyl (C=O) groups excluding carboxylic acids is 1. The van der Waals surface area contributed by atoms with Crippen LogP contribution in [0.4, 0.5) is 0 Å². The zero-order valence-corrected chi connectivity index (χ0v) is 16.7. The molecule has 0 aliphatic heterocycles. The second kappa shape index (κ2) is 9.27. The minimum Gasteiger partial charge on any atom is -0.497 e. The normalized spacial score (nSPS) is 12.0. The first kappa shape index (κ1) is 19.7. The summed E-state index contributed by atoms with van der Waals surface area (Å²) >= 11 is 0. The fourth-order valence-corrected chi connectivity index (χ4v) is 3.34. The van der Waals surface area contributed by atoms with E-state index < -0.39 is 0 Å². The van der Waals surface area contributed by atoms with Gasteiger partial charge in [-0.15, -0.1) is 0 Å². The summed E-state index contributed by atoms with van der Waals surface area (Å²) in [5, 5.41) is 0. The van der Waals surface area contributed by atoms with Gasteiger partial charge in [0.15, 0.2) is 6.73 Å². The van der Waals surface area contributed by atoms with Crippen LogP contribution in [0, 0.1) is 5.92 Å². The van der Waals surface area contributed by atoms with Crippen molar-refractivity contribution in [2.45, 2.75) is 32.9 Å². The van der Waals surface area contributed by atoms with E-state index in [9.17, 15) is 4.79 Å². The van der Waals surface area contributed by atoms with Crippen molar-refractivity contribution in [1.29, 1.82) is 0 Å². The van der Waals surface area contributed by atoms with Gasteiger partial charge < -0.3 is 14.0 Å². The molecule has 0 spiro atoms. The molecule has 3 aromatic rings. The van der Waals surface area contributed by atoms with E-state index in [2.05, 4.69) is 18.2 Å². The molecule has 1 heterocycles. The van der Waals surface area contributed by atoms with Crippen molar-refractivity contribution in [2.75, 3.05) is 7.11 Å². The minimum absolute atomic E-state index is 0.138. The third-order valence-electron chi connectivity index (χ3n) is 4.81. The number of carbonyl (C=O) groups is 1. The lowest BCUT2D eigenvalue weighted by atomic mass is 9.88. The summed E-state index contributed by atoms with van der Waals surface area (Å²) in [6.07, 6.45) is 4.84. The van der Waals surface area contributed by atoms with Crippen LogP contribution in [-0.4, -0.2) is 17.6 Å². The van der Waals surface area contributed by atoms with E-state index in [1.54, 1.807) is 7.11 Å². The van der Waals surface area contributed by atoms with Crippen LogP contribution >= 0.6 is 0 Å². The number of esters is 1. The minimum atomic E-state index is -0.301. The summed E-state index contributed by atoms with van der Waals surface area (Å²) in [6, 6.07) is 20.0. The van der Waals surface area contributed by atoms with Gasteiger partial charge in [0.2, 0.25) is 0 Å². The third-order valence-corrected chi connectivity index (χ3v) is 4.81. The number of aromatic nitrogens is 1. The lowest BCUT2D eigenvalue weighted by Crippen LogP contribution is -2.21. The molecule has 4 nitrogen and oxygen atoms in total.